The molecule has 1 aromatic heterocycles. The molecule has 2 aromatic carbocycles. The van der Waals surface area contributed by atoms with Crippen molar-refractivity contribution in [3.8, 4) is 11.1 Å². The van der Waals surface area contributed by atoms with Gasteiger partial charge in [0.25, 0.3) is 0 Å². The van der Waals surface area contributed by atoms with E-state index < -0.39 is 0 Å². The summed E-state index contributed by atoms with van der Waals surface area (Å²) in [5.41, 5.74) is 6.93. The highest BCUT2D eigenvalue weighted by molar-refractivity contribution is 7.13. The molecule has 0 unspecified atom stereocenters. The summed E-state index contributed by atoms with van der Waals surface area (Å²) in [7, 11) is 0. The van der Waals surface area contributed by atoms with Gasteiger partial charge < -0.3 is 4.90 Å². The molecular formula is C23H25NS. The second kappa shape index (κ2) is 5.74. The molecule has 0 aliphatic carbocycles. The fourth-order valence-corrected chi connectivity index (χ4v) is 5.41. The standard InChI is InChI=1S/C23H25NS/c1-15(2)24-19-14-10-9-13-18(19)23(4,5)22-21(24)20(16(3)25-22)17-11-7-6-8-12-17/h6-15H,1-5H3. The maximum atomic E-state index is 2.54. The minimum Gasteiger partial charge on any atom is -0.337 e. The summed E-state index contributed by atoms with van der Waals surface area (Å²) in [6.07, 6.45) is 0. The number of fused-ring (bicyclic) bond motifs is 2. The lowest BCUT2D eigenvalue weighted by Gasteiger charge is -2.42. The molecule has 0 amide bonds. The predicted octanol–water partition coefficient (Wildman–Crippen LogP) is 6.91. The lowest BCUT2D eigenvalue weighted by atomic mass is 9.77. The van der Waals surface area contributed by atoms with E-state index in [1.54, 1.807) is 0 Å². The maximum Gasteiger partial charge on any atom is 0.0646 e. The van der Waals surface area contributed by atoms with Gasteiger partial charge in [-0.1, -0.05) is 62.4 Å². The van der Waals surface area contributed by atoms with Crippen molar-refractivity contribution in [1.29, 1.82) is 0 Å². The Morgan fingerprint density at radius 3 is 2.24 bits per heavy atom. The summed E-state index contributed by atoms with van der Waals surface area (Å²) in [5.74, 6) is 0. The average molecular weight is 348 g/mol. The van der Waals surface area contributed by atoms with Crippen LogP contribution in [-0.2, 0) is 5.41 Å². The minimum absolute atomic E-state index is 0.0276. The monoisotopic (exact) mass is 347 g/mol. The van der Waals surface area contributed by atoms with Crippen LogP contribution in [0.25, 0.3) is 11.1 Å². The Morgan fingerprint density at radius 2 is 1.56 bits per heavy atom. The Balaban J connectivity index is 2.07. The van der Waals surface area contributed by atoms with E-state index in [-0.39, 0.29) is 5.41 Å². The summed E-state index contributed by atoms with van der Waals surface area (Å²) >= 11 is 1.96. The molecule has 4 rings (SSSR count). The molecule has 1 aliphatic heterocycles. The SMILES string of the molecule is Cc1sc2c(c1-c1ccccc1)N(C(C)C)c1ccccc1C2(C)C. The first-order valence-corrected chi connectivity index (χ1v) is 9.82. The second-order valence-electron chi connectivity index (χ2n) is 7.68. The van der Waals surface area contributed by atoms with E-state index in [0.717, 1.165) is 0 Å². The highest BCUT2D eigenvalue weighted by atomic mass is 32.1. The second-order valence-corrected chi connectivity index (χ2v) is 8.91. The molecule has 0 bridgehead atoms. The van der Waals surface area contributed by atoms with Gasteiger partial charge in [0, 0.05) is 32.5 Å². The van der Waals surface area contributed by atoms with Crippen LogP contribution in [-0.4, -0.2) is 6.04 Å². The molecule has 0 saturated heterocycles. The number of thiophene rings is 1. The molecular weight excluding hydrogens is 322 g/mol. The first-order chi connectivity index (χ1) is 11.9. The molecule has 25 heavy (non-hydrogen) atoms. The fourth-order valence-electron chi connectivity index (χ4n) is 4.12. The van der Waals surface area contributed by atoms with Gasteiger partial charge in [0.05, 0.1) is 5.69 Å². The van der Waals surface area contributed by atoms with E-state index in [4.69, 9.17) is 0 Å². The van der Waals surface area contributed by atoms with Crippen molar-refractivity contribution in [2.75, 3.05) is 4.90 Å². The Kier molecular flexibility index (Phi) is 3.77. The smallest absolute Gasteiger partial charge is 0.0646 e. The Bertz CT molecular complexity index is 919. The lowest BCUT2D eigenvalue weighted by Crippen LogP contribution is -2.35. The summed E-state index contributed by atoms with van der Waals surface area (Å²) in [6, 6.07) is 20.2. The van der Waals surface area contributed by atoms with Gasteiger partial charge in [0.1, 0.15) is 0 Å². The zero-order valence-electron chi connectivity index (χ0n) is 15.6. The first kappa shape index (κ1) is 16.4. The molecule has 2 heteroatoms. The molecule has 2 heterocycles. The van der Waals surface area contributed by atoms with Gasteiger partial charge in [0.2, 0.25) is 0 Å². The van der Waals surface area contributed by atoms with Crippen LogP contribution in [0.5, 0.6) is 0 Å². The summed E-state index contributed by atoms with van der Waals surface area (Å²) in [6.45, 7) is 11.6. The van der Waals surface area contributed by atoms with Crippen molar-refractivity contribution >= 4 is 22.7 Å². The topological polar surface area (TPSA) is 3.24 Å². The zero-order chi connectivity index (χ0) is 17.8. The van der Waals surface area contributed by atoms with Crippen molar-refractivity contribution in [3.63, 3.8) is 0 Å². The molecule has 1 aliphatic rings. The van der Waals surface area contributed by atoms with Crippen LogP contribution in [0, 0.1) is 6.92 Å². The molecule has 0 fully saturated rings. The van der Waals surface area contributed by atoms with Crippen LogP contribution in [0.2, 0.25) is 0 Å². The number of aryl methyl sites for hydroxylation is 1. The van der Waals surface area contributed by atoms with Crippen molar-refractivity contribution in [3.05, 3.63) is 69.9 Å². The number of rotatable bonds is 2. The van der Waals surface area contributed by atoms with E-state index in [9.17, 15) is 0 Å². The van der Waals surface area contributed by atoms with Crippen LogP contribution < -0.4 is 4.90 Å². The fraction of sp³-hybridized carbons (Fsp3) is 0.304. The lowest BCUT2D eigenvalue weighted by molar-refractivity contribution is 0.627. The number of hydrogen-bond acceptors (Lipinski definition) is 2. The van der Waals surface area contributed by atoms with E-state index >= 15 is 0 Å². The van der Waals surface area contributed by atoms with Gasteiger partial charge in [-0.25, -0.2) is 0 Å². The van der Waals surface area contributed by atoms with Gasteiger partial charge in [-0.2, -0.15) is 0 Å². The summed E-state index contributed by atoms with van der Waals surface area (Å²) in [4.78, 5) is 5.43. The van der Waals surface area contributed by atoms with Crippen LogP contribution >= 0.6 is 11.3 Å². The molecule has 0 atom stereocenters. The van der Waals surface area contributed by atoms with E-state index in [1.807, 2.05) is 11.3 Å². The van der Waals surface area contributed by atoms with Crippen LogP contribution in [0.4, 0.5) is 11.4 Å². The third-order valence-corrected chi connectivity index (χ3v) is 6.70. The Morgan fingerprint density at radius 1 is 0.920 bits per heavy atom. The van der Waals surface area contributed by atoms with Gasteiger partial charge in [-0.05, 0) is 38.0 Å². The number of benzene rings is 2. The minimum atomic E-state index is 0.0276. The summed E-state index contributed by atoms with van der Waals surface area (Å²) < 4.78 is 0. The van der Waals surface area contributed by atoms with Crippen LogP contribution in [0.1, 0.15) is 43.0 Å². The molecule has 128 valence electrons. The highest BCUT2D eigenvalue weighted by Gasteiger charge is 2.40. The van der Waals surface area contributed by atoms with E-state index in [1.165, 1.54) is 37.8 Å². The van der Waals surface area contributed by atoms with Crippen molar-refractivity contribution in [2.24, 2.45) is 0 Å². The highest BCUT2D eigenvalue weighted by Crippen LogP contribution is 2.57. The molecule has 3 aromatic rings. The van der Waals surface area contributed by atoms with Gasteiger partial charge in [-0.3, -0.25) is 0 Å². The number of para-hydroxylation sites is 1. The van der Waals surface area contributed by atoms with Gasteiger partial charge in [0.15, 0.2) is 0 Å². The molecule has 0 saturated carbocycles. The largest absolute Gasteiger partial charge is 0.337 e. The van der Waals surface area contributed by atoms with E-state index in [2.05, 4.69) is 94.1 Å². The number of nitrogens with zero attached hydrogens (tertiary/aromatic N) is 1. The summed E-state index contributed by atoms with van der Waals surface area (Å²) in [5, 5.41) is 0. The Hall–Kier alpha value is -2.06. The quantitative estimate of drug-likeness (QED) is 0.487. The maximum absolute atomic E-state index is 2.54. The number of anilines is 2. The van der Waals surface area contributed by atoms with E-state index in [0.29, 0.717) is 6.04 Å². The predicted molar refractivity (Wildman–Crippen MR) is 110 cm³/mol. The van der Waals surface area contributed by atoms with Gasteiger partial charge in [-0.15, -0.1) is 11.3 Å². The molecule has 0 N–H and O–H groups in total. The average Bonchev–Trinajstić information content (AvgIpc) is 2.93. The van der Waals surface area contributed by atoms with Crippen LogP contribution in [0.15, 0.2) is 54.6 Å². The third-order valence-electron chi connectivity index (χ3n) is 5.28. The first-order valence-electron chi connectivity index (χ1n) is 9.01. The number of hydrogen-bond donors (Lipinski definition) is 0. The van der Waals surface area contributed by atoms with Crippen molar-refractivity contribution < 1.29 is 0 Å². The van der Waals surface area contributed by atoms with Crippen molar-refractivity contribution in [1.82, 2.24) is 0 Å². The third kappa shape index (κ3) is 2.35. The normalized spacial score (nSPS) is 15.2. The zero-order valence-corrected chi connectivity index (χ0v) is 16.4. The Labute approximate surface area is 154 Å². The van der Waals surface area contributed by atoms with Gasteiger partial charge >= 0.3 is 0 Å². The molecule has 0 radical (unpaired) electrons. The van der Waals surface area contributed by atoms with Crippen molar-refractivity contribution in [2.45, 2.75) is 46.1 Å². The van der Waals surface area contributed by atoms with Crippen LogP contribution in [0.3, 0.4) is 0 Å². The molecule has 1 nitrogen and oxygen atoms in total. The molecule has 0 spiro atoms.